The topological polar surface area (TPSA) is 91.3 Å². The van der Waals surface area contributed by atoms with E-state index in [4.69, 9.17) is 0 Å². The molecule has 3 aromatic carbocycles. The zero-order valence-electron chi connectivity index (χ0n) is 21.0. The van der Waals surface area contributed by atoms with Crippen molar-refractivity contribution in [2.75, 3.05) is 13.7 Å². The van der Waals surface area contributed by atoms with Gasteiger partial charge in [-0.2, -0.15) is 0 Å². The SMILES string of the molecule is CNC(=O)c1cc(-c2cccnc2[C@H](Cc2cc(F)cc(F)c2)NC(=O)C(CO)c2ccccc2)ccc1F. The number of halogens is 3. The number of pyridine rings is 1. The maximum Gasteiger partial charge on any atom is 0.254 e. The summed E-state index contributed by atoms with van der Waals surface area (Å²) in [5, 5.41) is 15.3. The number of nitrogens with one attached hydrogen (secondary N) is 2. The van der Waals surface area contributed by atoms with Gasteiger partial charge in [-0.05, 0) is 53.4 Å². The lowest BCUT2D eigenvalue weighted by atomic mass is 9.93. The highest BCUT2D eigenvalue weighted by molar-refractivity contribution is 5.95. The van der Waals surface area contributed by atoms with Crippen LogP contribution in [0.4, 0.5) is 13.2 Å². The number of aliphatic hydroxyl groups excluding tert-OH is 1. The fraction of sp³-hybridized carbons (Fsp3) is 0.167. The summed E-state index contributed by atoms with van der Waals surface area (Å²) < 4.78 is 42.4. The molecule has 0 aliphatic carbocycles. The first-order chi connectivity index (χ1) is 18.8. The van der Waals surface area contributed by atoms with Gasteiger partial charge in [-0.25, -0.2) is 13.2 Å². The van der Waals surface area contributed by atoms with Gasteiger partial charge in [-0.3, -0.25) is 14.6 Å². The number of rotatable bonds is 9. The second kappa shape index (κ2) is 12.4. The smallest absolute Gasteiger partial charge is 0.254 e. The molecule has 9 heteroatoms. The summed E-state index contributed by atoms with van der Waals surface area (Å²) in [6, 6.07) is 18.2. The second-order valence-electron chi connectivity index (χ2n) is 8.90. The lowest BCUT2D eigenvalue weighted by molar-refractivity contribution is -0.124. The Labute approximate surface area is 223 Å². The normalized spacial score (nSPS) is 12.4. The summed E-state index contributed by atoms with van der Waals surface area (Å²) in [7, 11) is 1.39. The van der Waals surface area contributed by atoms with E-state index in [0.29, 0.717) is 22.4 Å². The van der Waals surface area contributed by atoms with E-state index < -0.39 is 47.8 Å². The van der Waals surface area contributed by atoms with Crippen LogP contribution in [0.15, 0.2) is 85.1 Å². The molecule has 0 fully saturated rings. The number of hydrogen-bond acceptors (Lipinski definition) is 4. The van der Waals surface area contributed by atoms with E-state index >= 15 is 0 Å². The van der Waals surface area contributed by atoms with Gasteiger partial charge in [-0.15, -0.1) is 0 Å². The number of carbonyl (C=O) groups excluding carboxylic acids is 2. The van der Waals surface area contributed by atoms with E-state index in [0.717, 1.165) is 24.3 Å². The van der Waals surface area contributed by atoms with Gasteiger partial charge < -0.3 is 15.7 Å². The Morgan fingerprint density at radius 3 is 2.31 bits per heavy atom. The lowest BCUT2D eigenvalue weighted by Gasteiger charge is -2.24. The number of amides is 2. The standard InChI is InChI=1S/C30H26F3N3O3/c1-34-29(38)24-15-20(9-10-26(24)33)23-8-5-11-35-28(23)27(14-18-12-21(31)16-22(32)13-18)36-30(39)25(17-37)19-6-3-2-4-7-19/h2-13,15-16,25,27,37H,14,17H2,1H3,(H,34,38)(H,36,39)/t25?,27-/m0/s1. The van der Waals surface area contributed by atoms with Crippen LogP contribution in [0.5, 0.6) is 0 Å². The van der Waals surface area contributed by atoms with Crippen molar-refractivity contribution < 1.29 is 27.9 Å². The summed E-state index contributed by atoms with van der Waals surface area (Å²) in [6.07, 6.45) is 1.45. The first kappa shape index (κ1) is 27.5. The maximum absolute atomic E-state index is 14.4. The molecule has 6 nitrogen and oxygen atoms in total. The fourth-order valence-corrected chi connectivity index (χ4v) is 4.42. The quantitative estimate of drug-likeness (QED) is 0.291. The van der Waals surface area contributed by atoms with Gasteiger partial charge in [-0.1, -0.05) is 42.5 Å². The Kier molecular flexibility index (Phi) is 8.73. The summed E-state index contributed by atoms with van der Waals surface area (Å²) in [6.45, 7) is -0.473. The van der Waals surface area contributed by atoms with Crippen molar-refractivity contribution in [2.45, 2.75) is 18.4 Å². The summed E-state index contributed by atoms with van der Waals surface area (Å²) in [5.74, 6) is -4.31. The van der Waals surface area contributed by atoms with Crippen LogP contribution in [0.2, 0.25) is 0 Å². The van der Waals surface area contributed by atoms with Crippen molar-refractivity contribution in [3.8, 4) is 11.1 Å². The van der Waals surface area contributed by atoms with Gasteiger partial charge in [0.05, 0.1) is 29.8 Å². The van der Waals surface area contributed by atoms with Gasteiger partial charge in [0.2, 0.25) is 5.91 Å². The van der Waals surface area contributed by atoms with Crippen LogP contribution in [0.25, 0.3) is 11.1 Å². The third-order valence-corrected chi connectivity index (χ3v) is 6.30. The predicted octanol–water partition coefficient (Wildman–Crippen LogP) is 4.70. The van der Waals surface area contributed by atoms with E-state index in [1.54, 1.807) is 42.5 Å². The van der Waals surface area contributed by atoms with Crippen LogP contribution in [0.3, 0.4) is 0 Å². The third-order valence-electron chi connectivity index (χ3n) is 6.30. The van der Waals surface area contributed by atoms with Crippen molar-refractivity contribution in [3.05, 3.63) is 125 Å². The average molecular weight is 534 g/mol. The van der Waals surface area contributed by atoms with Crippen LogP contribution in [0.1, 0.15) is 39.1 Å². The molecule has 2 atom stereocenters. The number of hydrogen-bond donors (Lipinski definition) is 3. The van der Waals surface area contributed by atoms with E-state index in [1.165, 1.54) is 25.4 Å². The van der Waals surface area contributed by atoms with Crippen molar-refractivity contribution in [2.24, 2.45) is 0 Å². The van der Waals surface area contributed by atoms with Gasteiger partial charge in [0.1, 0.15) is 17.5 Å². The van der Waals surface area contributed by atoms with Crippen molar-refractivity contribution in [1.29, 1.82) is 0 Å². The number of aromatic nitrogens is 1. The number of benzene rings is 3. The number of nitrogens with zero attached hydrogens (tertiary/aromatic N) is 1. The highest BCUT2D eigenvalue weighted by Gasteiger charge is 2.27. The van der Waals surface area contributed by atoms with E-state index in [-0.39, 0.29) is 17.5 Å². The van der Waals surface area contributed by atoms with E-state index in [9.17, 15) is 27.9 Å². The molecule has 3 N–H and O–H groups in total. The molecule has 0 spiro atoms. The van der Waals surface area contributed by atoms with Gasteiger partial charge in [0, 0.05) is 24.9 Å². The van der Waals surface area contributed by atoms with Crippen molar-refractivity contribution in [3.63, 3.8) is 0 Å². The van der Waals surface area contributed by atoms with Crippen LogP contribution < -0.4 is 10.6 Å². The Morgan fingerprint density at radius 2 is 1.64 bits per heavy atom. The molecule has 1 unspecified atom stereocenters. The Bertz CT molecular complexity index is 1460. The zero-order valence-corrected chi connectivity index (χ0v) is 21.0. The minimum atomic E-state index is -0.907. The molecule has 4 rings (SSSR count). The molecule has 0 saturated carbocycles. The molecule has 0 radical (unpaired) electrons. The summed E-state index contributed by atoms with van der Waals surface area (Å²) >= 11 is 0. The zero-order chi connectivity index (χ0) is 27.9. The van der Waals surface area contributed by atoms with E-state index in [2.05, 4.69) is 15.6 Å². The molecular formula is C30H26F3N3O3. The maximum atomic E-state index is 14.4. The largest absolute Gasteiger partial charge is 0.395 e. The predicted molar refractivity (Wildman–Crippen MR) is 140 cm³/mol. The molecule has 0 saturated heterocycles. The minimum absolute atomic E-state index is 0.0408. The Hall–Kier alpha value is -4.50. The fourth-order valence-electron chi connectivity index (χ4n) is 4.42. The molecule has 200 valence electrons. The molecule has 2 amide bonds. The molecule has 1 heterocycles. The van der Waals surface area contributed by atoms with E-state index in [1.807, 2.05) is 0 Å². The molecule has 0 bridgehead atoms. The van der Waals surface area contributed by atoms with Crippen molar-refractivity contribution >= 4 is 11.8 Å². The minimum Gasteiger partial charge on any atom is -0.395 e. The Balaban J connectivity index is 1.79. The monoisotopic (exact) mass is 533 g/mol. The van der Waals surface area contributed by atoms with Crippen molar-refractivity contribution in [1.82, 2.24) is 15.6 Å². The second-order valence-corrected chi connectivity index (χ2v) is 8.90. The van der Waals surface area contributed by atoms with Crippen LogP contribution in [-0.2, 0) is 11.2 Å². The Morgan fingerprint density at radius 1 is 0.923 bits per heavy atom. The molecular weight excluding hydrogens is 507 g/mol. The summed E-state index contributed by atoms with van der Waals surface area (Å²) in [5.41, 5.74) is 1.93. The first-order valence-electron chi connectivity index (χ1n) is 12.2. The van der Waals surface area contributed by atoms with Gasteiger partial charge in [0.15, 0.2) is 0 Å². The number of aliphatic hydroxyl groups is 1. The summed E-state index contributed by atoms with van der Waals surface area (Å²) in [4.78, 5) is 30.1. The van der Waals surface area contributed by atoms with Crippen LogP contribution in [0, 0.1) is 17.5 Å². The molecule has 4 aromatic rings. The lowest BCUT2D eigenvalue weighted by Crippen LogP contribution is -2.36. The van der Waals surface area contributed by atoms with Gasteiger partial charge in [0.25, 0.3) is 5.91 Å². The highest BCUT2D eigenvalue weighted by atomic mass is 19.1. The molecule has 0 aliphatic heterocycles. The first-order valence-corrected chi connectivity index (χ1v) is 12.2. The average Bonchev–Trinajstić information content (AvgIpc) is 2.93. The van der Waals surface area contributed by atoms with Crippen LogP contribution in [-0.4, -0.2) is 35.6 Å². The van der Waals surface area contributed by atoms with Crippen LogP contribution >= 0.6 is 0 Å². The molecule has 0 aliphatic rings. The van der Waals surface area contributed by atoms with Gasteiger partial charge >= 0.3 is 0 Å². The molecule has 39 heavy (non-hydrogen) atoms. The highest BCUT2D eigenvalue weighted by Crippen LogP contribution is 2.31. The molecule has 1 aromatic heterocycles. The number of carbonyl (C=O) groups is 2. The third kappa shape index (κ3) is 6.50.